The highest BCUT2D eigenvalue weighted by Gasteiger charge is 2.30. The third-order valence-corrected chi connectivity index (χ3v) is 6.23. The van der Waals surface area contributed by atoms with Crippen molar-refractivity contribution in [2.24, 2.45) is 0 Å². The molecule has 5 rings (SSSR count). The summed E-state index contributed by atoms with van der Waals surface area (Å²) in [6.45, 7) is 5.57. The van der Waals surface area contributed by atoms with Crippen molar-refractivity contribution in [3.8, 4) is 11.5 Å². The molecule has 4 aromatic carbocycles. The second-order valence-electron chi connectivity index (χ2n) is 8.82. The smallest absolute Gasteiger partial charge is 0.258 e. The minimum atomic E-state index is -0.175. The highest BCUT2D eigenvalue weighted by molar-refractivity contribution is 6.37. The zero-order valence-corrected chi connectivity index (χ0v) is 21.6. The number of rotatable bonds is 10. The second-order valence-corrected chi connectivity index (χ2v) is 8.82. The summed E-state index contributed by atoms with van der Waals surface area (Å²) in [7, 11) is 0. The lowest BCUT2D eigenvalue weighted by atomic mass is 9.99. The molecule has 6 nitrogen and oxygen atoms in total. The van der Waals surface area contributed by atoms with Gasteiger partial charge in [0.15, 0.2) is 11.5 Å². The lowest BCUT2D eigenvalue weighted by molar-refractivity contribution is -0.110. The third kappa shape index (κ3) is 5.49. The molecule has 0 saturated heterocycles. The van der Waals surface area contributed by atoms with Gasteiger partial charge in [0, 0.05) is 29.5 Å². The Morgan fingerprint density at radius 1 is 0.763 bits per heavy atom. The van der Waals surface area contributed by atoms with Crippen LogP contribution >= 0.6 is 0 Å². The number of benzene rings is 4. The Labute approximate surface area is 223 Å². The van der Waals surface area contributed by atoms with Crippen molar-refractivity contribution in [3.63, 3.8) is 0 Å². The predicted molar refractivity (Wildman–Crippen MR) is 154 cm³/mol. The van der Waals surface area contributed by atoms with Gasteiger partial charge in [-0.05, 0) is 55.3 Å². The van der Waals surface area contributed by atoms with E-state index >= 15 is 0 Å². The summed E-state index contributed by atoms with van der Waals surface area (Å²) in [5, 5.41) is 9.97. The molecule has 192 valence electrons. The van der Waals surface area contributed by atoms with E-state index < -0.39 is 0 Å². The predicted octanol–water partition coefficient (Wildman–Crippen LogP) is 7.03. The molecular formula is C32H31N3O3. The van der Waals surface area contributed by atoms with Crippen molar-refractivity contribution in [1.29, 1.82) is 0 Å². The number of fused-ring (bicyclic) bond motifs is 1. The highest BCUT2D eigenvalue weighted by atomic mass is 16.5. The lowest BCUT2D eigenvalue weighted by Crippen LogP contribution is -2.10. The van der Waals surface area contributed by atoms with Crippen molar-refractivity contribution < 1.29 is 14.3 Å². The first-order valence-electron chi connectivity index (χ1n) is 12.9. The number of amides is 1. The van der Waals surface area contributed by atoms with Gasteiger partial charge in [-0.3, -0.25) is 4.79 Å². The van der Waals surface area contributed by atoms with E-state index in [0.717, 1.165) is 40.3 Å². The first-order chi connectivity index (χ1) is 18.7. The molecule has 0 radical (unpaired) electrons. The van der Waals surface area contributed by atoms with Gasteiger partial charge in [0.1, 0.15) is 0 Å². The fourth-order valence-corrected chi connectivity index (χ4v) is 4.46. The lowest BCUT2D eigenvalue weighted by Gasteiger charge is -2.16. The molecule has 1 aliphatic heterocycles. The van der Waals surface area contributed by atoms with E-state index in [-0.39, 0.29) is 5.91 Å². The van der Waals surface area contributed by atoms with Crippen LogP contribution in [0.15, 0.2) is 97.1 Å². The van der Waals surface area contributed by atoms with Gasteiger partial charge in [-0.1, -0.05) is 60.7 Å². The number of ether oxygens (including phenoxy) is 2. The molecule has 0 atom stereocenters. The van der Waals surface area contributed by atoms with Crippen LogP contribution in [-0.4, -0.2) is 19.1 Å². The zero-order valence-electron chi connectivity index (χ0n) is 21.6. The Morgan fingerprint density at radius 3 is 2.05 bits per heavy atom. The van der Waals surface area contributed by atoms with Gasteiger partial charge >= 0.3 is 0 Å². The van der Waals surface area contributed by atoms with Crippen LogP contribution in [0, 0.1) is 0 Å². The summed E-state index contributed by atoms with van der Waals surface area (Å²) < 4.78 is 11.6. The van der Waals surface area contributed by atoms with E-state index in [1.807, 2.05) is 98.8 Å². The Morgan fingerprint density at radius 2 is 1.39 bits per heavy atom. The SMILES string of the molecule is CCOc1cc2c(cc1OCC)C(=C(Nc1ccc(CNc3ccccc3)cc1)c1ccccc1)C(=O)N2. The van der Waals surface area contributed by atoms with Crippen molar-refractivity contribution >= 4 is 34.2 Å². The fraction of sp³-hybridized carbons (Fsp3) is 0.156. The second kappa shape index (κ2) is 11.6. The molecule has 0 aliphatic carbocycles. The molecule has 0 unspecified atom stereocenters. The summed E-state index contributed by atoms with van der Waals surface area (Å²) in [6.07, 6.45) is 0. The van der Waals surface area contributed by atoms with Crippen molar-refractivity contribution in [2.45, 2.75) is 20.4 Å². The van der Waals surface area contributed by atoms with Crippen molar-refractivity contribution in [2.75, 3.05) is 29.2 Å². The quantitative estimate of drug-likeness (QED) is 0.202. The molecule has 0 fully saturated rings. The van der Waals surface area contributed by atoms with Crippen molar-refractivity contribution in [3.05, 3.63) is 114 Å². The van der Waals surface area contributed by atoms with Crippen LogP contribution in [0.4, 0.5) is 17.1 Å². The van der Waals surface area contributed by atoms with E-state index in [2.05, 4.69) is 28.1 Å². The van der Waals surface area contributed by atoms with Gasteiger partial charge in [0.25, 0.3) is 5.91 Å². The van der Waals surface area contributed by atoms with Crippen molar-refractivity contribution in [1.82, 2.24) is 0 Å². The fourth-order valence-electron chi connectivity index (χ4n) is 4.46. The average molecular weight is 506 g/mol. The Hall–Kier alpha value is -4.71. The van der Waals surface area contributed by atoms with Crippen LogP contribution in [-0.2, 0) is 11.3 Å². The topological polar surface area (TPSA) is 71.6 Å². The number of carbonyl (C=O) groups excluding carboxylic acids is 1. The highest BCUT2D eigenvalue weighted by Crippen LogP contribution is 2.43. The number of para-hydroxylation sites is 1. The standard InChI is InChI=1S/C32H31N3O3/c1-3-37-28-19-26-27(20-29(28)38-4-2)35-32(36)30(26)31(23-11-7-5-8-12-23)34-25-17-15-22(16-18-25)21-33-24-13-9-6-10-14-24/h5-20,33-34H,3-4,21H2,1-2H3,(H,35,36). The number of nitrogens with one attached hydrogen (secondary N) is 3. The molecule has 38 heavy (non-hydrogen) atoms. The van der Waals surface area contributed by atoms with Crippen LogP contribution in [0.1, 0.15) is 30.5 Å². The van der Waals surface area contributed by atoms with Crippen LogP contribution in [0.5, 0.6) is 11.5 Å². The summed E-state index contributed by atoms with van der Waals surface area (Å²) in [6, 6.07) is 32.0. The normalized spacial score (nSPS) is 13.4. The Balaban J connectivity index is 1.49. The number of carbonyl (C=O) groups is 1. The number of hydrogen-bond donors (Lipinski definition) is 3. The number of anilines is 3. The first kappa shape index (κ1) is 25.0. The van der Waals surface area contributed by atoms with E-state index in [9.17, 15) is 4.79 Å². The molecule has 1 amide bonds. The third-order valence-electron chi connectivity index (χ3n) is 6.23. The van der Waals surface area contributed by atoms with Gasteiger partial charge in [-0.2, -0.15) is 0 Å². The van der Waals surface area contributed by atoms with Gasteiger partial charge in [-0.25, -0.2) is 0 Å². The Kier molecular flexibility index (Phi) is 7.59. The molecule has 0 saturated carbocycles. The summed E-state index contributed by atoms with van der Waals surface area (Å²) in [5.41, 5.74) is 6.79. The van der Waals surface area contributed by atoms with Gasteiger partial charge in [0.05, 0.1) is 30.2 Å². The minimum Gasteiger partial charge on any atom is -0.490 e. The van der Waals surface area contributed by atoms with Crippen LogP contribution < -0.4 is 25.4 Å². The average Bonchev–Trinajstić information content (AvgIpc) is 3.27. The van der Waals surface area contributed by atoms with Gasteiger partial charge in [0.2, 0.25) is 0 Å². The monoisotopic (exact) mass is 505 g/mol. The maximum atomic E-state index is 13.3. The van der Waals surface area contributed by atoms with Crippen LogP contribution in [0.25, 0.3) is 11.3 Å². The number of hydrogen-bond acceptors (Lipinski definition) is 5. The Bertz CT molecular complexity index is 1430. The maximum Gasteiger partial charge on any atom is 0.258 e. The summed E-state index contributed by atoms with van der Waals surface area (Å²) >= 11 is 0. The molecule has 1 heterocycles. The summed E-state index contributed by atoms with van der Waals surface area (Å²) in [4.78, 5) is 13.3. The first-order valence-corrected chi connectivity index (χ1v) is 12.9. The molecule has 4 aromatic rings. The molecule has 1 aliphatic rings. The minimum absolute atomic E-state index is 0.175. The molecular weight excluding hydrogens is 474 g/mol. The molecule has 0 spiro atoms. The zero-order chi connectivity index (χ0) is 26.3. The largest absolute Gasteiger partial charge is 0.490 e. The van der Waals surface area contributed by atoms with Crippen LogP contribution in [0.2, 0.25) is 0 Å². The van der Waals surface area contributed by atoms with E-state index in [1.54, 1.807) is 0 Å². The molecule has 3 N–H and O–H groups in total. The van der Waals surface area contributed by atoms with E-state index in [4.69, 9.17) is 9.47 Å². The van der Waals surface area contributed by atoms with E-state index in [0.29, 0.717) is 36.0 Å². The van der Waals surface area contributed by atoms with Gasteiger partial charge < -0.3 is 25.4 Å². The summed E-state index contributed by atoms with van der Waals surface area (Å²) in [5.74, 6) is 1.06. The van der Waals surface area contributed by atoms with Crippen LogP contribution in [0.3, 0.4) is 0 Å². The maximum absolute atomic E-state index is 13.3. The molecule has 0 aromatic heterocycles. The van der Waals surface area contributed by atoms with Gasteiger partial charge in [-0.15, -0.1) is 0 Å². The molecule has 6 heteroatoms. The van der Waals surface area contributed by atoms with E-state index in [1.165, 1.54) is 0 Å². The molecule has 0 bridgehead atoms.